The molecule has 0 saturated carbocycles. The van der Waals surface area contributed by atoms with Gasteiger partial charge in [0.15, 0.2) is 0 Å². The van der Waals surface area contributed by atoms with Crippen LogP contribution in [0.4, 0.5) is 5.69 Å². The van der Waals surface area contributed by atoms with Crippen LogP contribution in [0.2, 0.25) is 5.02 Å². The Morgan fingerprint density at radius 3 is 2.59 bits per heavy atom. The van der Waals surface area contributed by atoms with E-state index in [1.165, 1.54) is 12.1 Å². The van der Waals surface area contributed by atoms with E-state index in [0.29, 0.717) is 18.8 Å². The smallest absolute Gasteiger partial charge is 0.250 e. The van der Waals surface area contributed by atoms with Gasteiger partial charge >= 0.3 is 0 Å². The summed E-state index contributed by atoms with van der Waals surface area (Å²) in [6.45, 7) is 1.39. The average molecular weight is 254 g/mol. The molecule has 1 saturated heterocycles. The van der Waals surface area contributed by atoms with Crippen LogP contribution in [0, 0.1) is 5.92 Å². The Morgan fingerprint density at radius 2 is 2.12 bits per heavy atom. The number of nitrogens with two attached hydrogens (primary N) is 1. The largest absolute Gasteiger partial charge is 0.366 e. The van der Waals surface area contributed by atoms with Gasteiger partial charge in [0.2, 0.25) is 11.8 Å². The molecule has 1 aliphatic heterocycles. The van der Waals surface area contributed by atoms with Crippen molar-refractivity contribution in [2.45, 2.75) is 0 Å². The monoisotopic (exact) mass is 253 g/mol. The van der Waals surface area contributed by atoms with Gasteiger partial charge in [0.25, 0.3) is 0 Å². The zero-order valence-electron chi connectivity index (χ0n) is 9.00. The number of nitrogens with one attached hydrogen (secondary N) is 2. The molecule has 90 valence electrons. The fourth-order valence-corrected chi connectivity index (χ4v) is 1.78. The van der Waals surface area contributed by atoms with Crippen molar-refractivity contribution < 1.29 is 9.59 Å². The van der Waals surface area contributed by atoms with Gasteiger partial charge in [0.05, 0.1) is 16.5 Å². The number of halogens is 1. The molecule has 5 nitrogen and oxygen atoms in total. The Balaban J connectivity index is 2.09. The Labute approximate surface area is 103 Å². The SMILES string of the molecule is NC(=O)c1ccc(NC(=O)C2CNC2)cc1Cl. The average Bonchev–Trinajstić information content (AvgIpc) is 2.13. The number of primary amides is 1. The zero-order valence-corrected chi connectivity index (χ0v) is 9.75. The molecule has 1 fully saturated rings. The minimum Gasteiger partial charge on any atom is -0.366 e. The van der Waals surface area contributed by atoms with E-state index in [1.807, 2.05) is 0 Å². The van der Waals surface area contributed by atoms with Gasteiger partial charge in [-0.3, -0.25) is 9.59 Å². The first kappa shape index (κ1) is 11.9. The van der Waals surface area contributed by atoms with Crippen molar-refractivity contribution in [2.75, 3.05) is 18.4 Å². The lowest BCUT2D eigenvalue weighted by Crippen LogP contribution is -2.48. The summed E-state index contributed by atoms with van der Waals surface area (Å²) in [7, 11) is 0. The third kappa shape index (κ3) is 2.57. The first-order valence-corrected chi connectivity index (χ1v) is 5.56. The van der Waals surface area contributed by atoms with Crippen molar-refractivity contribution in [3.8, 4) is 0 Å². The van der Waals surface area contributed by atoms with Gasteiger partial charge in [0, 0.05) is 18.8 Å². The van der Waals surface area contributed by atoms with Crippen LogP contribution in [0.3, 0.4) is 0 Å². The quantitative estimate of drug-likeness (QED) is 0.737. The van der Waals surface area contributed by atoms with Gasteiger partial charge in [0.1, 0.15) is 0 Å². The molecule has 1 aromatic rings. The third-order valence-corrected chi connectivity index (χ3v) is 2.97. The minimum absolute atomic E-state index is 0.00425. The summed E-state index contributed by atoms with van der Waals surface area (Å²) < 4.78 is 0. The molecular formula is C11H12ClN3O2. The van der Waals surface area contributed by atoms with E-state index >= 15 is 0 Å². The number of amides is 2. The number of anilines is 1. The first-order chi connectivity index (χ1) is 8.08. The highest BCUT2D eigenvalue weighted by Crippen LogP contribution is 2.21. The number of benzene rings is 1. The Morgan fingerprint density at radius 1 is 1.41 bits per heavy atom. The van der Waals surface area contributed by atoms with Crippen molar-refractivity contribution >= 4 is 29.1 Å². The van der Waals surface area contributed by atoms with Crippen molar-refractivity contribution in [1.82, 2.24) is 5.32 Å². The van der Waals surface area contributed by atoms with Gasteiger partial charge in [-0.25, -0.2) is 0 Å². The van der Waals surface area contributed by atoms with Crippen LogP contribution in [0.1, 0.15) is 10.4 Å². The van der Waals surface area contributed by atoms with E-state index < -0.39 is 5.91 Å². The van der Waals surface area contributed by atoms with Gasteiger partial charge < -0.3 is 16.4 Å². The highest BCUT2D eigenvalue weighted by atomic mass is 35.5. The standard InChI is InChI=1S/C11H12ClN3O2/c12-9-3-7(1-2-8(9)10(13)16)15-11(17)6-4-14-5-6/h1-3,6,14H,4-5H2,(H2,13,16)(H,15,17). The molecule has 1 aromatic carbocycles. The number of hydrogen-bond donors (Lipinski definition) is 3. The molecule has 0 bridgehead atoms. The molecular weight excluding hydrogens is 242 g/mol. The molecule has 2 rings (SSSR count). The van der Waals surface area contributed by atoms with Crippen molar-refractivity contribution in [3.05, 3.63) is 28.8 Å². The molecule has 0 aromatic heterocycles. The fourth-order valence-electron chi connectivity index (χ4n) is 1.51. The van der Waals surface area contributed by atoms with E-state index in [-0.39, 0.29) is 22.4 Å². The summed E-state index contributed by atoms with van der Waals surface area (Å²) in [4.78, 5) is 22.6. The minimum atomic E-state index is -0.587. The van der Waals surface area contributed by atoms with Crippen molar-refractivity contribution in [1.29, 1.82) is 0 Å². The van der Waals surface area contributed by atoms with Gasteiger partial charge in [-0.1, -0.05) is 11.6 Å². The molecule has 4 N–H and O–H groups in total. The Bertz CT molecular complexity index is 472. The lowest BCUT2D eigenvalue weighted by molar-refractivity contribution is -0.121. The molecule has 2 amide bonds. The van der Waals surface area contributed by atoms with Crippen molar-refractivity contribution in [2.24, 2.45) is 11.7 Å². The Hall–Kier alpha value is -1.59. The fraction of sp³-hybridized carbons (Fsp3) is 0.273. The summed E-state index contributed by atoms with van der Waals surface area (Å²) in [6.07, 6.45) is 0. The second kappa shape index (κ2) is 4.73. The maximum Gasteiger partial charge on any atom is 0.250 e. The highest BCUT2D eigenvalue weighted by Gasteiger charge is 2.24. The zero-order chi connectivity index (χ0) is 12.4. The maximum atomic E-state index is 11.6. The number of rotatable bonds is 3. The summed E-state index contributed by atoms with van der Waals surface area (Å²) in [5.41, 5.74) is 5.94. The van der Waals surface area contributed by atoms with E-state index in [2.05, 4.69) is 10.6 Å². The van der Waals surface area contributed by atoms with Crippen molar-refractivity contribution in [3.63, 3.8) is 0 Å². The predicted molar refractivity (Wildman–Crippen MR) is 65.0 cm³/mol. The molecule has 17 heavy (non-hydrogen) atoms. The van der Waals surface area contributed by atoms with Gasteiger partial charge in [-0.15, -0.1) is 0 Å². The van der Waals surface area contributed by atoms with E-state index in [1.54, 1.807) is 6.07 Å². The van der Waals surface area contributed by atoms with E-state index in [0.717, 1.165) is 0 Å². The first-order valence-electron chi connectivity index (χ1n) is 5.19. The van der Waals surface area contributed by atoms with Crippen LogP contribution in [-0.4, -0.2) is 24.9 Å². The summed E-state index contributed by atoms with van der Waals surface area (Å²) >= 11 is 5.87. The summed E-state index contributed by atoms with van der Waals surface area (Å²) in [5.74, 6) is -0.632. The van der Waals surface area contributed by atoms with Crippen LogP contribution in [-0.2, 0) is 4.79 Å². The molecule has 0 unspecified atom stereocenters. The van der Waals surface area contributed by atoms with Crippen LogP contribution in [0.5, 0.6) is 0 Å². The predicted octanol–water partition coefficient (Wildman–Crippen LogP) is 0.597. The molecule has 0 atom stereocenters. The molecule has 0 spiro atoms. The summed E-state index contributed by atoms with van der Waals surface area (Å²) in [6, 6.07) is 4.63. The lowest BCUT2D eigenvalue weighted by Gasteiger charge is -2.25. The lowest BCUT2D eigenvalue weighted by atomic mass is 10.0. The third-order valence-electron chi connectivity index (χ3n) is 2.65. The van der Waals surface area contributed by atoms with Crippen LogP contribution < -0.4 is 16.4 Å². The van der Waals surface area contributed by atoms with Gasteiger partial charge in [-0.2, -0.15) is 0 Å². The van der Waals surface area contributed by atoms with Crippen LogP contribution in [0.15, 0.2) is 18.2 Å². The molecule has 1 aliphatic rings. The Kier molecular flexibility index (Phi) is 3.31. The number of carbonyl (C=O) groups excluding carboxylic acids is 2. The van der Waals surface area contributed by atoms with E-state index in [9.17, 15) is 9.59 Å². The second-order valence-corrected chi connectivity index (χ2v) is 4.31. The summed E-state index contributed by atoms with van der Waals surface area (Å²) in [5, 5.41) is 5.99. The molecule has 0 radical (unpaired) electrons. The second-order valence-electron chi connectivity index (χ2n) is 3.90. The number of hydrogen-bond acceptors (Lipinski definition) is 3. The molecule has 0 aliphatic carbocycles. The topological polar surface area (TPSA) is 84.2 Å². The van der Waals surface area contributed by atoms with Crippen LogP contribution >= 0.6 is 11.6 Å². The van der Waals surface area contributed by atoms with Gasteiger partial charge in [-0.05, 0) is 18.2 Å². The number of carbonyl (C=O) groups is 2. The van der Waals surface area contributed by atoms with E-state index in [4.69, 9.17) is 17.3 Å². The normalized spacial score (nSPS) is 15.1. The molecule has 6 heteroatoms. The van der Waals surface area contributed by atoms with Crippen LogP contribution in [0.25, 0.3) is 0 Å². The molecule has 1 heterocycles. The highest BCUT2D eigenvalue weighted by molar-refractivity contribution is 6.34. The maximum absolute atomic E-state index is 11.6.